The Bertz CT molecular complexity index is 554. The fraction of sp³-hybridized carbons (Fsp3) is 0.550. The highest BCUT2D eigenvalue weighted by atomic mass is 16.6. The summed E-state index contributed by atoms with van der Waals surface area (Å²) in [5, 5.41) is 8.64. The van der Waals surface area contributed by atoms with Crippen molar-refractivity contribution in [2.75, 3.05) is 0 Å². The molecule has 0 radical (unpaired) electrons. The van der Waals surface area contributed by atoms with Gasteiger partial charge in [-0.05, 0) is 37.7 Å². The first-order chi connectivity index (χ1) is 11.7. The minimum atomic E-state index is -0.723. The number of allylic oxidation sites excluding steroid dienone is 2. The van der Waals surface area contributed by atoms with E-state index < -0.39 is 5.97 Å². The molecule has 4 nitrogen and oxygen atoms in total. The van der Waals surface area contributed by atoms with E-state index in [0.29, 0.717) is 25.0 Å². The normalized spacial score (nSPS) is 28.7. The highest BCUT2D eigenvalue weighted by Crippen LogP contribution is 2.42. The molecule has 24 heavy (non-hydrogen) atoms. The summed E-state index contributed by atoms with van der Waals surface area (Å²) < 4.78 is 12.3. The summed E-state index contributed by atoms with van der Waals surface area (Å²) >= 11 is 0. The Labute approximate surface area is 143 Å². The molecule has 0 aromatic heterocycles. The Balaban J connectivity index is 1.47. The van der Waals surface area contributed by atoms with Crippen LogP contribution in [0.3, 0.4) is 0 Å². The highest BCUT2D eigenvalue weighted by Gasteiger charge is 2.48. The van der Waals surface area contributed by atoms with Crippen LogP contribution in [0.15, 0.2) is 42.5 Å². The Morgan fingerprint density at radius 2 is 2.00 bits per heavy atom. The van der Waals surface area contributed by atoms with E-state index in [1.165, 1.54) is 5.56 Å². The molecule has 130 valence electrons. The van der Waals surface area contributed by atoms with Gasteiger partial charge in [0, 0.05) is 12.3 Å². The lowest BCUT2D eigenvalue weighted by Crippen LogP contribution is -2.34. The molecule has 0 amide bonds. The summed E-state index contributed by atoms with van der Waals surface area (Å²) in [6.07, 6.45) is 9.96. The molecule has 1 N–H and O–H groups in total. The zero-order valence-electron chi connectivity index (χ0n) is 14.0. The Hall–Kier alpha value is -1.65. The number of aliphatic carboxylic acids is 1. The van der Waals surface area contributed by atoms with E-state index in [-0.39, 0.29) is 18.6 Å². The van der Waals surface area contributed by atoms with E-state index in [9.17, 15) is 4.79 Å². The van der Waals surface area contributed by atoms with E-state index in [2.05, 4.69) is 24.3 Å². The van der Waals surface area contributed by atoms with Crippen molar-refractivity contribution in [2.24, 2.45) is 5.92 Å². The molecule has 2 heterocycles. The summed E-state index contributed by atoms with van der Waals surface area (Å²) in [6, 6.07) is 10.3. The van der Waals surface area contributed by atoms with Crippen molar-refractivity contribution in [3.05, 3.63) is 48.0 Å². The molecule has 4 heteroatoms. The van der Waals surface area contributed by atoms with Gasteiger partial charge in [0.2, 0.25) is 0 Å². The van der Waals surface area contributed by atoms with Crippen molar-refractivity contribution in [3.8, 4) is 0 Å². The monoisotopic (exact) mass is 330 g/mol. The lowest BCUT2D eigenvalue weighted by atomic mass is 9.84. The average Bonchev–Trinajstić information content (AvgIpc) is 3.18. The Kier molecular flexibility index (Phi) is 6.05. The van der Waals surface area contributed by atoms with Crippen molar-refractivity contribution in [2.45, 2.75) is 63.4 Å². The van der Waals surface area contributed by atoms with Gasteiger partial charge in [0.05, 0.1) is 24.9 Å². The summed E-state index contributed by atoms with van der Waals surface area (Å²) in [4.78, 5) is 10.5. The number of unbranched alkanes of at least 4 members (excludes halogenated alkanes) is 1. The molecule has 2 aliphatic rings. The van der Waals surface area contributed by atoms with Gasteiger partial charge >= 0.3 is 5.97 Å². The molecule has 2 aliphatic heterocycles. The second-order valence-corrected chi connectivity index (χ2v) is 6.71. The predicted octanol–water partition coefficient (Wildman–Crippen LogP) is 3.95. The van der Waals surface area contributed by atoms with E-state index in [1.54, 1.807) is 0 Å². The van der Waals surface area contributed by atoms with Crippen molar-refractivity contribution >= 4 is 5.97 Å². The zero-order valence-corrected chi connectivity index (χ0v) is 14.0. The lowest BCUT2D eigenvalue weighted by Gasteiger charge is -2.27. The van der Waals surface area contributed by atoms with Gasteiger partial charge in [-0.25, -0.2) is 0 Å². The van der Waals surface area contributed by atoms with Crippen molar-refractivity contribution in [3.63, 3.8) is 0 Å². The number of carbonyl (C=O) groups is 1. The summed E-state index contributed by atoms with van der Waals surface area (Å²) in [6.45, 7) is 0.636. The number of ether oxygens (including phenoxy) is 2. The third kappa shape index (κ3) is 4.46. The number of hydrogen-bond donors (Lipinski definition) is 1. The maximum atomic E-state index is 10.5. The summed E-state index contributed by atoms with van der Waals surface area (Å²) in [5.41, 5.74) is 1.20. The maximum absolute atomic E-state index is 10.5. The molecule has 0 spiro atoms. The van der Waals surface area contributed by atoms with Crippen LogP contribution in [0.5, 0.6) is 0 Å². The maximum Gasteiger partial charge on any atom is 0.303 e. The molecule has 2 bridgehead atoms. The van der Waals surface area contributed by atoms with Gasteiger partial charge in [-0.2, -0.15) is 0 Å². The Morgan fingerprint density at radius 1 is 1.21 bits per heavy atom. The van der Waals surface area contributed by atoms with Crippen LogP contribution in [0.2, 0.25) is 0 Å². The van der Waals surface area contributed by atoms with Crippen LogP contribution in [0.1, 0.15) is 44.1 Å². The van der Waals surface area contributed by atoms with Gasteiger partial charge in [0.15, 0.2) is 0 Å². The number of fused-ring (bicyclic) bond motifs is 2. The van der Waals surface area contributed by atoms with E-state index in [0.717, 1.165) is 25.7 Å². The van der Waals surface area contributed by atoms with Gasteiger partial charge in [-0.3, -0.25) is 4.79 Å². The minimum Gasteiger partial charge on any atom is -0.481 e. The summed E-state index contributed by atoms with van der Waals surface area (Å²) in [5.74, 6) is -0.303. The molecule has 4 atom stereocenters. The first-order valence-electron chi connectivity index (χ1n) is 8.92. The number of hydrogen-bond acceptors (Lipinski definition) is 3. The molecule has 1 aromatic carbocycles. The molecule has 0 saturated carbocycles. The first-order valence-corrected chi connectivity index (χ1v) is 8.92. The van der Waals surface area contributed by atoms with Crippen LogP contribution in [0, 0.1) is 5.92 Å². The van der Waals surface area contributed by atoms with Crippen LogP contribution in [-0.2, 0) is 20.9 Å². The number of carboxylic acids is 1. The van der Waals surface area contributed by atoms with Crippen molar-refractivity contribution in [1.82, 2.24) is 0 Å². The largest absolute Gasteiger partial charge is 0.481 e. The number of carboxylic acid groups (broad SMARTS) is 1. The minimum absolute atomic E-state index is 0.174. The first kappa shape index (κ1) is 17.2. The third-order valence-electron chi connectivity index (χ3n) is 4.97. The van der Waals surface area contributed by atoms with Crippen LogP contribution in [0.25, 0.3) is 0 Å². The topological polar surface area (TPSA) is 55.8 Å². The highest BCUT2D eigenvalue weighted by molar-refractivity contribution is 5.66. The van der Waals surface area contributed by atoms with Crippen molar-refractivity contribution in [1.29, 1.82) is 0 Å². The average molecular weight is 330 g/mol. The molecule has 0 unspecified atom stereocenters. The molecule has 2 fully saturated rings. The van der Waals surface area contributed by atoms with Crippen LogP contribution < -0.4 is 0 Å². The fourth-order valence-corrected chi connectivity index (χ4v) is 3.76. The van der Waals surface area contributed by atoms with Crippen LogP contribution in [0.4, 0.5) is 0 Å². The van der Waals surface area contributed by atoms with Crippen molar-refractivity contribution < 1.29 is 19.4 Å². The van der Waals surface area contributed by atoms with E-state index in [1.807, 2.05) is 18.2 Å². The third-order valence-corrected chi connectivity index (χ3v) is 4.97. The quantitative estimate of drug-likeness (QED) is 0.550. The number of rotatable bonds is 9. The van der Waals surface area contributed by atoms with Gasteiger partial charge < -0.3 is 14.6 Å². The van der Waals surface area contributed by atoms with Gasteiger partial charge in [0.25, 0.3) is 0 Å². The molecule has 0 aliphatic carbocycles. The second kappa shape index (κ2) is 8.45. The standard InChI is InChI=1S/C20H26O4/c21-19(22)11-7-2-1-6-10-16-17-12-13-18(24-17)20(16)23-14-15-8-4-3-5-9-15/h1,3-6,8-9,16-18,20H,2,7,10-14H2,(H,21,22)/t16-,17+,18-,20+/m1/s1. The van der Waals surface area contributed by atoms with Gasteiger partial charge in [-0.1, -0.05) is 42.5 Å². The molecule has 3 rings (SSSR count). The number of benzene rings is 1. The Morgan fingerprint density at radius 3 is 2.79 bits per heavy atom. The molecule has 2 saturated heterocycles. The lowest BCUT2D eigenvalue weighted by molar-refractivity contribution is -0.137. The SMILES string of the molecule is O=C(O)CCCC=CC[C@H]1[C@H](OCc2ccccc2)[C@H]2CC[C@@H]1O2. The fourth-order valence-electron chi connectivity index (χ4n) is 3.76. The van der Waals surface area contributed by atoms with E-state index in [4.69, 9.17) is 14.6 Å². The van der Waals surface area contributed by atoms with E-state index >= 15 is 0 Å². The van der Waals surface area contributed by atoms with Gasteiger partial charge in [0.1, 0.15) is 0 Å². The van der Waals surface area contributed by atoms with Crippen LogP contribution >= 0.6 is 0 Å². The zero-order chi connectivity index (χ0) is 16.8. The molecular formula is C20H26O4. The molecular weight excluding hydrogens is 304 g/mol. The predicted molar refractivity (Wildman–Crippen MR) is 91.6 cm³/mol. The van der Waals surface area contributed by atoms with Gasteiger partial charge in [-0.15, -0.1) is 0 Å². The second-order valence-electron chi connectivity index (χ2n) is 6.71. The summed E-state index contributed by atoms with van der Waals surface area (Å²) in [7, 11) is 0. The van der Waals surface area contributed by atoms with Crippen LogP contribution in [-0.4, -0.2) is 29.4 Å². The smallest absolute Gasteiger partial charge is 0.303 e. The molecule has 1 aromatic rings.